The summed E-state index contributed by atoms with van der Waals surface area (Å²) >= 11 is 12.2. The maximum absolute atomic E-state index is 12.5. The Bertz CT molecular complexity index is 1280. The Balaban J connectivity index is 1.64. The van der Waals surface area contributed by atoms with Crippen molar-refractivity contribution in [3.8, 4) is 17.2 Å². The fourth-order valence-electron chi connectivity index (χ4n) is 3.07. The maximum Gasteiger partial charge on any atom is 0.271 e. The number of anilines is 1. The van der Waals surface area contributed by atoms with Gasteiger partial charge in [-0.1, -0.05) is 29.3 Å². The molecule has 0 aromatic heterocycles. The molecule has 0 aliphatic rings. The third-order valence-electron chi connectivity index (χ3n) is 4.88. The monoisotopic (exact) mass is 529 g/mol. The lowest BCUT2D eigenvalue weighted by molar-refractivity contribution is -0.118. The van der Waals surface area contributed by atoms with Gasteiger partial charge in [-0.15, -0.1) is 0 Å². The molecule has 2 N–H and O–H groups in total. The molecule has 0 radical (unpaired) electrons. The molecule has 2 amide bonds. The minimum absolute atomic E-state index is 0.258. The summed E-state index contributed by atoms with van der Waals surface area (Å²) in [5, 5.41) is 7.71. The van der Waals surface area contributed by atoms with E-state index in [9.17, 15) is 9.59 Å². The Morgan fingerprint density at radius 2 is 1.75 bits per heavy atom. The average molecular weight is 530 g/mol. The lowest BCUT2D eigenvalue weighted by atomic mass is 10.2. The van der Waals surface area contributed by atoms with Crippen LogP contribution >= 0.6 is 23.2 Å². The average Bonchev–Trinajstić information content (AvgIpc) is 2.86. The summed E-state index contributed by atoms with van der Waals surface area (Å²) in [5.41, 5.74) is 4.73. The normalized spacial score (nSPS) is 10.7. The molecule has 0 saturated carbocycles. The van der Waals surface area contributed by atoms with Gasteiger partial charge in [-0.3, -0.25) is 9.59 Å². The first-order chi connectivity index (χ1) is 17.3. The SMILES string of the molecule is CCOc1cc(C(=O)N/N=C/c2cc(Cl)ccc2OCC(=O)Nc2ccc(C)c(Cl)c2)ccc1OC. The number of amides is 2. The van der Waals surface area contributed by atoms with Gasteiger partial charge in [0.15, 0.2) is 18.1 Å². The van der Waals surface area contributed by atoms with Crippen LogP contribution < -0.4 is 25.0 Å². The second-order valence-electron chi connectivity index (χ2n) is 7.48. The van der Waals surface area contributed by atoms with Crippen molar-refractivity contribution in [2.75, 3.05) is 25.6 Å². The van der Waals surface area contributed by atoms with Crippen LogP contribution in [0.15, 0.2) is 59.7 Å². The van der Waals surface area contributed by atoms with Gasteiger partial charge in [0.25, 0.3) is 11.8 Å². The standard InChI is InChI=1S/C26H25Cl2N3O5/c1-4-35-24-12-17(6-9-23(24)34-3)26(33)31-29-14-18-11-19(27)7-10-22(18)36-15-25(32)30-20-8-5-16(2)21(28)13-20/h5-14H,4,15H2,1-3H3,(H,30,32)(H,31,33)/b29-14+. The summed E-state index contributed by atoms with van der Waals surface area (Å²) < 4.78 is 16.4. The predicted molar refractivity (Wildman–Crippen MR) is 141 cm³/mol. The van der Waals surface area contributed by atoms with Crippen molar-refractivity contribution in [3.05, 3.63) is 81.3 Å². The van der Waals surface area contributed by atoms with Crippen molar-refractivity contribution in [3.63, 3.8) is 0 Å². The van der Waals surface area contributed by atoms with E-state index in [0.717, 1.165) is 5.56 Å². The minimum atomic E-state index is -0.449. The van der Waals surface area contributed by atoms with E-state index in [-0.39, 0.29) is 12.5 Å². The lowest BCUT2D eigenvalue weighted by Crippen LogP contribution is -2.20. The largest absolute Gasteiger partial charge is 0.493 e. The summed E-state index contributed by atoms with van der Waals surface area (Å²) in [6.45, 7) is 3.88. The first-order valence-electron chi connectivity index (χ1n) is 10.9. The van der Waals surface area contributed by atoms with Gasteiger partial charge in [0.2, 0.25) is 0 Å². The molecule has 0 saturated heterocycles. The molecule has 0 unspecified atom stereocenters. The number of hydrazone groups is 1. The number of rotatable bonds is 10. The maximum atomic E-state index is 12.5. The van der Waals surface area contributed by atoms with Gasteiger partial charge in [-0.2, -0.15) is 5.10 Å². The second-order valence-corrected chi connectivity index (χ2v) is 8.32. The fourth-order valence-corrected chi connectivity index (χ4v) is 3.43. The first kappa shape index (κ1) is 26.8. The Morgan fingerprint density at radius 3 is 2.47 bits per heavy atom. The van der Waals surface area contributed by atoms with E-state index in [0.29, 0.717) is 50.7 Å². The Morgan fingerprint density at radius 1 is 0.972 bits per heavy atom. The van der Waals surface area contributed by atoms with Crippen molar-refractivity contribution in [2.24, 2.45) is 5.10 Å². The molecule has 0 aliphatic carbocycles. The number of hydrogen-bond acceptors (Lipinski definition) is 6. The van der Waals surface area contributed by atoms with E-state index in [2.05, 4.69) is 15.8 Å². The van der Waals surface area contributed by atoms with Crippen LogP contribution in [0.2, 0.25) is 10.0 Å². The van der Waals surface area contributed by atoms with Gasteiger partial charge in [0.05, 0.1) is 19.9 Å². The summed E-state index contributed by atoms with van der Waals surface area (Å²) in [4.78, 5) is 24.9. The van der Waals surface area contributed by atoms with Gasteiger partial charge in [-0.05, 0) is 67.9 Å². The van der Waals surface area contributed by atoms with Gasteiger partial charge in [0.1, 0.15) is 5.75 Å². The van der Waals surface area contributed by atoms with Gasteiger partial charge >= 0.3 is 0 Å². The van der Waals surface area contributed by atoms with Crippen LogP contribution in [0.25, 0.3) is 0 Å². The predicted octanol–water partition coefficient (Wildman–Crippen LogP) is 5.49. The number of carbonyl (C=O) groups is 2. The number of nitrogens with one attached hydrogen (secondary N) is 2. The van der Waals surface area contributed by atoms with E-state index in [1.165, 1.54) is 13.3 Å². The van der Waals surface area contributed by atoms with Crippen LogP contribution in [0.1, 0.15) is 28.4 Å². The smallest absolute Gasteiger partial charge is 0.271 e. The molecule has 3 rings (SSSR count). The highest BCUT2D eigenvalue weighted by molar-refractivity contribution is 6.31. The number of methoxy groups -OCH3 is 1. The Labute approximate surface area is 219 Å². The van der Waals surface area contributed by atoms with E-state index < -0.39 is 5.91 Å². The molecular formula is C26H25Cl2N3O5. The van der Waals surface area contributed by atoms with Crippen molar-refractivity contribution >= 4 is 46.9 Å². The number of hydrogen-bond donors (Lipinski definition) is 2. The molecule has 0 bridgehead atoms. The van der Waals surface area contributed by atoms with Crippen LogP contribution in [-0.2, 0) is 4.79 Å². The molecule has 0 heterocycles. The summed E-state index contributed by atoms with van der Waals surface area (Å²) in [6.07, 6.45) is 1.38. The summed E-state index contributed by atoms with van der Waals surface area (Å²) in [6, 6.07) is 14.9. The molecule has 8 nitrogen and oxygen atoms in total. The number of benzene rings is 3. The molecule has 36 heavy (non-hydrogen) atoms. The summed E-state index contributed by atoms with van der Waals surface area (Å²) in [7, 11) is 1.52. The molecule has 3 aromatic rings. The zero-order chi connectivity index (χ0) is 26.1. The number of halogens is 2. The van der Waals surface area contributed by atoms with Crippen LogP contribution in [0.4, 0.5) is 5.69 Å². The third kappa shape index (κ3) is 7.37. The van der Waals surface area contributed by atoms with Crippen molar-refractivity contribution in [1.29, 1.82) is 0 Å². The first-order valence-corrected chi connectivity index (χ1v) is 11.7. The number of nitrogens with zero attached hydrogens (tertiary/aromatic N) is 1. The summed E-state index contributed by atoms with van der Waals surface area (Å²) in [5.74, 6) is 0.513. The highest BCUT2D eigenvalue weighted by Gasteiger charge is 2.12. The highest BCUT2D eigenvalue weighted by Crippen LogP contribution is 2.28. The second kappa shape index (κ2) is 12.8. The van der Waals surface area contributed by atoms with E-state index >= 15 is 0 Å². The zero-order valence-electron chi connectivity index (χ0n) is 19.9. The minimum Gasteiger partial charge on any atom is -0.493 e. The van der Waals surface area contributed by atoms with Crippen molar-refractivity contribution in [2.45, 2.75) is 13.8 Å². The topological polar surface area (TPSA) is 98.3 Å². The zero-order valence-corrected chi connectivity index (χ0v) is 21.4. The van der Waals surface area contributed by atoms with Crippen LogP contribution in [0.3, 0.4) is 0 Å². The van der Waals surface area contributed by atoms with Gasteiger partial charge < -0.3 is 19.5 Å². The number of aryl methyl sites for hydroxylation is 1. The molecule has 10 heteroatoms. The number of ether oxygens (including phenoxy) is 3. The van der Waals surface area contributed by atoms with Crippen LogP contribution in [0, 0.1) is 6.92 Å². The van der Waals surface area contributed by atoms with E-state index in [4.69, 9.17) is 37.4 Å². The van der Waals surface area contributed by atoms with E-state index in [1.807, 2.05) is 19.9 Å². The molecule has 0 fully saturated rings. The quantitative estimate of drug-likeness (QED) is 0.267. The molecule has 0 atom stereocenters. The Kier molecular flexibility index (Phi) is 9.55. The van der Waals surface area contributed by atoms with Crippen LogP contribution in [-0.4, -0.2) is 38.4 Å². The number of carbonyl (C=O) groups excluding carboxylic acids is 2. The lowest BCUT2D eigenvalue weighted by Gasteiger charge is -2.11. The molecule has 188 valence electrons. The van der Waals surface area contributed by atoms with Gasteiger partial charge in [0, 0.05) is 26.9 Å². The third-order valence-corrected chi connectivity index (χ3v) is 5.52. The highest BCUT2D eigenvalue weighted by atomic mass is 35.5. The fraction of sp³-hybridized carbons (Fsp3) is 0.192. The van der Waals surface area contributed by atoms with E-state index in [1.54, 1.807) is 48.5 Å². The molecule has 0 aliphatic heterocycles. The van der Waals surface area contributed by atoms with Crippen LogP contribution in [0.5, 0.6) is 17.2 Å². The molecule has 3 aromatic carbocycles. The van der Waals surface area contributed by atoms with Gasteiger partial charge in [-0.25, -0.2) is 5.43 Å². The molecular weight excluding hydrogens is 505 g/mol. The van der Waals surface area contributed by atoms with Crippen molar-refractivity contribution in [1.82, 2.24) is 5.43 Å². The Hall–Kier alpha value is -3.75. The van der Waals surface area contributed by atoms with Crippen molar-refractivity contribution < 1.29 is 23.8 Å². The molecule has 0 spiro atoms.